The molecule has 0 spiro atoms. The van der Waals surface area contributed by atoms with Crippen molar-refractivity contribution in [1.82, 2.24) is 0 Å². The number of hydrogen-bond donors (Lipinski definition) is 0. The zero-order valence-electron chi connectivity index (χ0n) is 8.12. The van der Waals surface area contributed by atoms with Crippen LogP contribution in [0.4, 0.5) is 0 Å². The standard InChI is InChI=1S/C13H11N/c1-4-10(2)11(3)13-7-5-12(9-14)6-8-13/h1,5-8,11H,2H2,3H3. The second-order valence-corrected chi connectivity index (χ2v) is 3.13. The van der Waals surface area contributed by atoms with E-state index < -0.39 is 0 Å². The molecule has 0 N–H and O–H groups in total. The van der Waals surface area contributed by atoms with Crippen molar-refractivity contribution in [2.24, 2.45) is 0 Å². The van der Waals surface area contributed by atoms with Gasteiger partial charge in [-0.1, -0.05) is 31.6 Å². The summed E-state index contributed by atoms with van der Waals surface area (Å²) in [4.78, 5) is 0. The summed E-state index contributed by atoms with van der Waals surface area (Å²) in [5.74, 6) is 2.68. The minimum atomic E-state index is 0.146. The molecule has 1 rings (SSSR count). The number of nitriles is 1. The first-order valence-corrected chi connectivity index (χ1v) is 4.34. The molecule has 0 heterocycles. The fourth-order valence-corrected chi connectivity index (χ4v) is 1.17. The first-order chi connectivity index (χ1) is 6.69. The lowest BCUT2D eigenvalue weighted by Crippen LogP contribution is -1.94. The van der Waals surface area contributed by atoms with Gasteiger partial charge in [0, 0.05) is 11.5 Å². The molecule has 1 atom stereocenters. The zero-order valence-corrected chi connectivity index (χ0v) is 8.12. The lowest BCUT2D eigenvalue weighted by Gasteiger charge is -2.09. The van der Waals surface area contributed by atoms with Gasteiger partial charge in [-0.3, -0.25) is 0 Å². The third-order valence-electron chi connectivity index (χ3n) is 2.25. The molecule has 68 valence electrons. The average molecular weight is 181 g/mol. The van der Waals surface area contributed by atoms with E-state index in [0.717, 1.165) is 11.1 Å². The van der Waals surface area contributed by atoms with Crippen molar-refractivity contribution in [3.8, 4) is 18.4 Å². The van der Waals surface area contributed by atoms with Crippen LogP contribution in [0.3, 0.4) is 0 Å². The van der Waals surface area contributed by atoms with Crippen LogP contribution < -0.4 is 0 Å². The van der Waals surface area contributed by atoms with Crippen LogP contribution >= 0.6 is 0 Å². The van der Waals surface area contributed by atoms with Gasteiger partial charge >= 0.3 is 0 Å². The van der Waals surface area contributed by atoms with Crippen LogP contribution in [-0.4, -0.2) is 0 Å². The largest absolute Gasteiger partial charge is 0.192 e. The van der Waals surface area contributed by atoms with Gasteiger partial charge in [0.2, 0.25) is 0 Å². The number of hydrogen-bond acceptors (Lipinski definition) is 1. The summed E-state index contributed by atoms with van der Waals surface area (Å²) in [6, 6.07) is 9.47. The Bertz CT molecular complexity index is 412. The van der Waals surface area contributed by atoms with Crippen molar-refractivity contribution < 1.29 is 0 Å². The fraction of sp³-hybridized carbons (Fsp3) is 0.154. The maximum atomic E-state index is 8.62. The number of benzene rings is 1. The Kier molecular flexibility index (Phi) is 3.10. The quantitative estimate of drug-likeness (QED) is 0.643. The molecule has 0 saturated carbocycles. The second-order valence-electron chi connectivity index (χ2n) is 3.13. The van der Waals surface area contributed by atoms with Crippen molar-refractivity contribution in [1.29, 1.82) is 5.26 Å². The molecular weight excluding hydrogens is 170 g/mol. The minimum Gasteiger partial charge on any atom is -0.192 e. The van der Waals surface area contributed by atoms with Gasteiger partial charge in [-0.05, 0) is 17.7 Å². The molecule has 0 aliphatic rings. The van der Waals surface area contributed by atoms with E-state index in [-0.39, 0.29) is 5.92 Å². The molecule has 0 saturated heterocycles. The molecule has 0 radical (unpaired) electrons. The van der Waals surface area contributed by atoms with E-state index in [9.17, 15) is 0 Å². The highest BCUT2D eigenvalue weighted by molar-refractivity contribution is 5.39. The summed E-state index contributed by atoms with van der Waals surface area (Å²) in [6.07, 6.45) is 5.26. The first kappa shape index (κ1) is 10.1. The summed E-state index contributed by atoms with van der Waals surface area (Å²) < 4.78 is 0. The summed E-state index contributed by atoms with van der Waals surface area (Å²) in [6.45, 7) is 5.79. The number of allylic oxidation sites excluding steroid dienone is 1. The lowest BCUT2D eigenvalue weighted by molar-refractivity contribution is 0.934. The molecule has 0 fully saturated rings. The Hall–Kier alpha value is -1.99. The number of terminal acetylenes is 1. The fourth-order valence-electron chi connectivity index (χ4n) is 1.17. The summed E-state index contributed by atoms with van der Waals surface area (Å²) in [5.41, 5.74) is 2.51. The van der Waals surface area contributed by atoms with Crippen LogP contribution in [0.5, 0.6) is 0 Å². The molecule has 0 aliphatic carbocycles. The molecule has 1 heteroatoms. The van der Waals surface area contributed by atoms with E-state index in [4.69, 9.17) is 11.7 Å². The molecule has 0 aliphatic heterocycles. The maximum Gasteiger partial charge on any atom is 0.0991 e. The van der Waals surface area contributed by atoms with E-state index >= 15 is 0 Å². The van der Waals surface area contributed by atoms with Gasteiger partial charge in [0.05, 0.1) is 11.6 Å². The smallest absolute Gasteiger partial charge is 0.0991 e. The molecule has 0 amide bonds. The van der Waals surface area contributed by atoms with Crippen molar-refractivity contribution in [2.75, 3.05) is 0 Å². The van der Waals surface area contributed by atoms with E-state index in [0.29, 0.717) is 5.56 Å². The number of nitrogens with zero attached hydrogens (tertiary/aromatic N) is 1. The van der Waals surface area contributed by atoms with E-state index in [1.54, 1.807) is 12.1 Å². The Labute approximate surface area is 84.7 Å². The molecular formula is C13H11N. The molecule has 1 unspecified atom stereocenters. The number of rotatable bonds is 2. The van der Waals surface area contributed by atoms with Gasteiger partial charge in [0.1, 0.15) is 0 Å². The van der Waals surface area contributed by atoms with Gasteiger partial charge in [0.15, 0.2) is 0 Å². The highest BCUT2D eigenvalue weighted by Crippen LogP contribution is 2.21. The van der Waals surface area contributed by atoms with E-state index in [1.807, 2.05) is 19.1 Å². The van der Waals surface area contributed by atoms with Crippen molar-refractivity contribution in [3.63, 3.8) is 0 Å². The monoisotopic (exact) mass is 181 g/mol. The van der Waals surface area contributed by atoms with Gasteiger partial charge in [-0.15, -0.1) is 6.42 Å². The molecule has 14 heavy (non-hydrogen) atoms. The Balaban J connectivity index is 2.95. The predicted molar refractivity (Wildman–Crippen MR) is 57.5 cm³/mol. The molecule has 1 nitrogen and oxygen atoms in total. The Morgan fingerprint density at radius 2 is 2.00 bits per heavy atom. The van der Waals surface area contributed by atoms with Crippen LogP contribution in [0.25, 0.3) is 0 Å². The van der Waals surface area contributed by atoms with Crippen molar-refractivity contribution in [3.05, 3.63) is 47.5 Å². The average Bonchev–Trinajstić information content (AvgIpc) is 2.27. The first-order valence-electron chi connectivity index (χ1n) is 4.34. The second kappa shape index (κ2) is 4.30. The zero-order chi connectivity index (χ0) is 10.6. The summed E-state index contributed by atoms with van der Waals surface area (Å²) >= 11 is 0. The van der Waals surface area contributed by atoms with Crippen LogP contribution in [0, 0.1) is 23.7 Å². The summed E-state index contributed by atoms with van der Waals surface area (Å²) in [5, 5.41) is 8.62. The van der Waals surface area contributed by atoms with Gasteiger partial charge < -0.3 is 0 Å². The van der Waals surface area contributed by atoms with Gasteiger partial charge in [-0.2, -0.15) is 5.26 Å². The minimum absolute atomic E-state index is 0.146. The van der Waals surface area contributed by atoms with E-state index in [1.165, 1.54) is 0 Å². The maximum absolute atomic E-state index is 8.62. The van der Waals surface area contributed by atoms with E-state index in [2.05, 4.69) is 18.6 Å². The molecule has 1 aromatic carbocycles. The lowest BCUT2D eigenvalue weighted by atomic mass is 9.94. The third kappa shape index (κ3) is 2.03. The normalized spacial score (nSPS) is 11.1. The van der Waals surface area contributed by atoms with Crippen molar-refractivity contribution >= 4 is 0 Å². The van der Waals surface area contributed by atoms with Crippen LogP contribution in [-0.2, 0) is 0 Å². The Morgan fingerprint density at radius 1 is 1.43 bits per heavy atom. The molecule has 0 aromatic heterocycles. The van der Waals surface area contributed by atoms with Crippen LogP contribution in [0.2, 0.25) is 0 Å². The summed E-state index contributed by atoms with van der Waals surface area (Å²) in [7, 11) is 0. The van der Waals surface area contributed by atoms with Gasteiger partial charge in [0.25, 0.3) is 0 Å². The molecule has 1 aromatic rings. The topological polar surface area (TPSA) is 23.8 Å². The predicted octanol–water partition coefficient (Wildman–Crippen LogP) is 2.85. The van der Waals surface area contributed by atoms with Crippen LogP contribution in [0.1, 0.15) is 24.0 Å². The van der Waals surface area contributed by atoms with Gasteiger partial charge in [-0.25, -0.2) is 0 Å². The van der Waals surface area contributed by atoms with Crippen LogP contribution in [0.15, 0.2) is 36.4 Å². The van der Waals surface area contributed by atoms with Crippen molar-refractivity contribution in [2.45, 2.75) is 12.8 Å². The third-order valence-corrected chi connectivity index (χ3v) is 2.25. The SMILES string of the molecule is C#CC(=C)C(C)c1ccc(C#N)cc1. The Morgan fingerprint density at radius 3 is 2.43 bits per heavy atom. The highest BCUT2D eigenvalue weighted by atomic mass is 14.2. The highest BCUT2D eigenvalue weighted by Gasteiger charge is 2.06. The molecule has 0 bridgehead atoms.